The average molecular weight is 383 g/mol. The summed E-state index contributed by atoms with van der Waals surface area (Å²) in [5.74, 6) is 2.14. The number of benzene rings is 2. The van der Waals surface area contributed by atoms with Crippen molar-refractivity contribution in [2.45, 2.75) is 33.6 Å². The maximum absolute atomic E-state index is 12.4. The summed E-state index contributed by atoms with van der Waals surface area (Å²) in [4.78, 5) is 12.4. The van der Waals surface area contributed by atoms with Crippen LogP contribution in [0, 0.1) is 0 Å². The number of unbranched alkanes of at least 4 members (excludes halogenated alkanes) is 1. The third kappa shape index (κ3) is 6.65. The minimum Gasteiger partial charge on any atom is -0.494 e. The molecule has 0 aliphatic heterocycles. The minimum absolute atomic E-state index is 0.0912. The number of carbonyl (C=O) groups is 1. The highest BCUT2D eigenvalue weighted by atomic mass is 16.5. The number of ketones is 1. The predicted molar refractivity (Wildman–Crippen MR) is 113 cm³/mol. The first kappa shape index (κ1) is 21.4. The van der Waals surface area contributed by atoms with E-state index in [9.17, 15) is 4.79 Å². The largest absolute Gasteiger partial charge is 0.494 e. The summed E-state index contributed by atoms with van der Waals surface area (Å²) in [5.41, 5.74) is 1.35. The van der Waals surface area contributed by atoms with Crippen molar-refractivity contribution >= 4 is 11.5 Å². The van der Waals surface area contributed by atoms with Gasteiger partial charge in [0, 0.05) is 23.9 Å². The van der Waals surface area contributed by atoms with E-state index in [1.54, 1.807) is 18.3 Å². The lowest BCUT2D eigenvalue weighted by Crippen LogP contribution is -2.01. The Morgan fingerprint density at radius 3 is 2.32 bits per heavy atom. The van der Waals surface area contributed by atoms with Gasteiger partial charge < -0.3 is 19.5 Å². The molecule has 0 aliphatic carbocycles. The summed E-state index contributed by atoms with van der Waals surface area (Å²) in [6.07, 6.45) is 5.22. The van der Waals surface area contributed by atoms with Crippen LogP contribution in [0.15, 0.2) is 54.7 Å². The highest BCUT2D eigenvalue weighted by Gasteiger charge is 2.06. The van der Waals surface area contributed by atoms with Gasteiger partial charge in [0.15, 0.2) is 5.78 Å². The van der Waals surface area contributed by atoms with Gasteiger partial charge in [-0.2, -0.15) is 0 Å². The van der Waals surface area contributed by atoms with E-state index >= 15 is 0 Å². The lowest BCUT2D eigenvalue weighted by molar-refractivity contribution is 0.104. The zero-order valence-corrected chi connectivity index (χ0v) is 16.9. The first-order chi connectivity index (χ1) is 13.7. The lowest BCUT2D eigenvalue weighted by Gasteiger charge is -2.12. The average Bonchev–Trinajstić information content (AvgIpc) is 2.71. The van der Waals surface area contributed by atoms with E-state index in [0.717, 1.165) is 30.0 Å². The van der Waals surface area contributed by atoms with Crippen LogP contribution < -0.4 is 19.5 Å². The quantitative estimate of drug-likeness (QED) is 0.299. The highest BCUT2D eigenvalue weighted by Crippen LogP contribution is 2.29. The third-order valence-corrected chi connectivity index (χ3v) is 3.94. The van der Waals surface area contributed by atoms with Crippen molar-refractivity contribution in [2.75, 3.05) is 25.1 Å². The van der Waals surface area contributed by atoms with Crippen molar-refractivity contribution in [1.82, 2.24) is 0 Å². The van der Waals surface area contributed by atoms with Gasteiger partial charge in [0.2, 0.25) is 0 Å². The van der Waals surface area contributed by atoms with Crippen LogP contribution in [0.2, 0.25) is 0 Å². The predicted octanol–water partition coefficient (Wildman–Crippen LogP) is 5.47. The smallest absolute Gasteiger partial charge is 0.187 e. The van der Waals surface area contributed by atoms with E-state index < -0.39 is 0 Å². The number of hydrogen-bond acceptors (Lipinski definition) is 5. The second kappa shape index (κ2) is 11.7. The monoisotopic (exact) mass is 383 g/mol. The van der Waals surface area contributed by atoms with Gasteiger partial charge in [0.25, 0.3) is 0 Å². The SMILES string of the molecule is CCCCOc1ccc(C(=O)/C=C/Nc2cc(OCC)ccc2OCC)cc1. The number of ether oxygens (including phenoxy) is 3. The van der Waals surface area contributed by atoms with Crippen LogP contribution in [0.5, 0.6) is 17.2 Å². The molecule has 0 atom stereocenters. The van der Waals surface area contributed by atoms with Gasteiger partial charge in [-0.05, 0) is 56.7 Å². The number of anilines is 1. The topological polar surface area (TPSA) is 56.8 Å². The first-order valence-corrected chi connectivity index (χ1v) is 9.77. The molecule has 2 aromatic rings. The maximum atomic E-state index is 12.4. The zero-order chi connectivity index (χ0) is 20.2. The fraction of sp³-hybridized carbons (Fsp3) is 0.348. The second-order valence-corrected chi connectivity index (χ2v) is 6.09. The van der Waals surface area contributed by atoms with Crippen LogP contribution in [-0.4, -0.2) is 25.6 Å². The molecule has 0 bridgehead atoms. The Morgan fingerprint density at radius 1 is 0.929 bits per heavy atom. The molecular formula is C23H29NO4. The summed E-state index contributed by atoms with van der Waals surface area (Å²) >= 11 is 0. The highest BCUT2D eigenvalue weighted by molar-refractivity contribution is 6.04. The number of rotatable bonds is 12. The molecule has 0 amide bonds. The molecule has 0 heterocycles. The molecule has 5 nitrogen and oxygen atoms in total. The third-order valence-electron chi connectivity index (χ3n) is 3.94. The first-order valence-electron chi connectivity index (χ1n) is 9.77. The molecule has 1 N–H and O–H groups in total. The van der Waals surface area contributed by atoms with Gasteiger partial charge in [-0.1, -0.05) is 13.3 Å². The molecule has 0 fully saturated rings. The Morgan fingerprint density at radius 2 is 1.64 bits per heavy atom. The van der Waals surface area contributed by atoms with Crippen LogP contribution >= 0.6 is 0 Å². The molecule has 2 rings (SSSR count). The molecule has 0 saturated heterocycles. The normalized spacial score (nSPS) is 10.7. The van der Waals surface area contributed by atoms with Crippen LogP contribution in [0.4, 0.5) is 5.69 Å². The molecule has 0 aromatic heterocycles. The Bertz CT molecular complexity index is 769. The van der Waals surface area contributed by atoms with Crippen molar-refractivity contribution in [3.05, 3.63) is 60.3 Å². The van der Waals surface area contributed by atoms with Gasteiger partial charge >= 0.3 is 0 Å². The van der Waals surface area contributed by atoms with E-state index in [-0.39, 0.29) is 5.78 Å². The van der Waals surface area contributed by atoms with Gasteiger partial charge in [-0.25, -0.2) is 0 Å². The fourth-order valence-corrected chi connectivity index (χ4v) is 2.51. The summed E-state index contributed by atoms with van der Waals surface area (Å²) in [6, 6.07) is 12.8. The van der Waals surface area contributed by atoms with Gasteiger partial charge in [0.1, 0.15) is 17.2 Å². The number of carbonyl (C=O) groups excluding carboxylic acids is 1. The van der Waals surface area contributed by atoms with E-state index in [0.29, 0.717) is 31.1 Å². The Hall–Kier alpha value is -2.95. The molecule has 0 radical (unpaired) electrons. The number of allylic oxidation sites excluding steroid dienone is 1. The lowest BCUT2D eigenvalue weighted by atomic mass is 10.1. The number of nitrogens with one attached hydrogen (secondary N) is 1. The Balaban J connectivity index is 1.99. The number of hydrogen-bond donors (Lipinski definition) is 1. The molecule has 2 aromatic carbocycles. The van der Waals surface area contributed by atoms with Gasteiger partial charge in [-0.3, -0.25) is 4.79 Å². The molecule has 0 saturated carbocycles. The van der Waals surface area contributed by atoms with Crippen molar-refractivity contribution < 1.29 is 19.0 Å². The molecule has 0 spiro atoms. The molecule has 5 heteroatoms. The van der Waals surface area contributed by atoms with Crippen molar-refractivity contribution in [1.29, 1.82) is 0 Å². The standard InChI is InChI=1S/C23H29NO4/c1-4-7-16-28-19-10-8-18(9-11-19)22(25)14-15-24-21-17-20(26-5-2)12-13-23(21)27-6-3/h8-15,17,24H,4-7,16H2,1-3H3/b15-14+. The van der Waals surface area contributed by atoms with Crippen LogP contribution in [0.1, 0.15) is 44.0 Å². The fourth-order valence-electron chi connectivity index (χ4n) is 2.51. The van der Waals surface area contributed by atoms with E-state index in [1.165, 1.54) is 6.08 Å². The van der Waals surface area contributed by atoms with Crippen LogP contribution in [-0.2, 0) is 0 Å². The second-order valence-electron chi connectivity index (χ2n) is 6.09. The minimum atomic E-state index is -0.0912. The zero-order valence-electron chi connectivity index (χ0n) is 16.9. The molecule has 0 aliphatic rings. The van der Waals surface area contributed by atoms with Gasteiger partial charge in [-0.15, -0.1) is 0 Å². The summed E-state index contributed by atoms with van der Waals surface area (Å²) < 4.78 is 16.8. The summed E-state index contributed by atoms with van der Waals surface area (Å²) in [6.45, 7) is 7.81. The maximum Gasteiger partial charge on any atom is 0.187 e. The Labute approximate surface area is 167 Å². The molecule has 28 heavy (non-hydrogen) atoms. The Kier molecular flexibility index (Phi) is 8.92. The molecule has 0 unspecified atom stereocenters. The van der Waals surface area contributed by atoms with Crippen molar-refractivity contribution in [2.24, 2.45) is 0 Å². The van der Waals surface area contributed by atoms with Gasteiger partial charge in [0.05, 0.1) is 25.5 Å². The van der Waals surface area contributed by atoms with E-state index in [1.807, 2.05) is 44.2 Å². The van der Waals surface area contributed by atoms with Crippen LogP contribution in [0.3, 0.4) is 0 Å². The van der Waals surface area contributed by atoms with Crippen LogP contribution in [0.25, 0.3) is 0 Å². The van der Waals surface area contributed by atoms with Crippen molar-refractivity contribution in [3.8, 4) is 17.2 Å². The summed E-state index contributed by atoms with van der Waals surface area (Å²) in [7, 11) is 0. The summed E-state index contributed by atoms with van der Waals surface area (Å²) in [5, 5.41) is 3.11. The van der Waals surface area contributed by atoms with Crippen molar-refractivity contribution in [3.63, 3.8) is 0 Å². The van der Waals surface area contributed by atoms with E-state index in [2.05, 4.69) is 12.2 Å². The molecular weight excluding hydrogens is 354 g/mol. The molecule has 150 valence electrons. The van der Waals surface area contributed by atoms with E-state index in [4.69, 9.17) is 14.2 Å².